The summed E-state index contributed by atoms with van der Waals surface area (Å²) in [6.07, 6.45) is 5.02. The molecule has 6 heteroatoms. The monoisotopic (exact) mass is 360 g/mol. The average Bonchev–Trinajstić information content (AvgIpc) is 3.00. The molecule has 0 atom stereocenters. The lowest BCUT2D eigenvalue weighted by Crippen LogP contribution is -2.39. The molecule has 2 aliphatic heterocycles. The van der Waals surface area contributed by atoms with Crippen molar-refractivity contribution in [2.75, 3.05) is 16.8 Å². The molecule has 0 saturated carbocycles. The number of carbonyl (C=O) groups is 2. The first-order chi connectivity index (χ1) is 13.1. The molecule has 0 saturated heterocycles. The number of anilines is 2. The average molecular weight is 360 g/mol. The maximum absolute atomic E-state index is 13.0. The van der Waals surface area contributed by atoms with Crippen molar-refractivity contribution < 1.29 is 9.59 Å². The van der Waals surface area contributed by atoms with Crippen molar-refractivity contribution >= 4 is 28.8 Å². The summed E-state index contributed by atoms with van der Waals surface area (Å²) in [5, 5.41) is 3.05. The second-order valence-electron chi connectivity index (χ2n) is 7.22. The van der Waals surface area contributed by atoms with Gasteiger partial charge in [-0.25, -0.2) is 4.98 Å². The van der Waals surface area contributed by atoms with E-state index < -0.39 is 0 Å². The zero-order valence-electron chi connectivity index (χ0n) is 15.2. The van der Waals surface area contributed by atoms with E-state index in [-0.39, 0.29) is 11.8 Å². The van der Waals surface area contributed by atoms with Gasteiger partial charge in [0.2, 0.25) is 5.91 Å². The molecule has 0 bridgehead atoms. The molecular weight excluding hydrogens is 340 g/mol. The minimum absolute atomic E-state index is 0.169. The third-order valence-electron chi connectivity index (χ3n) is 5.45. The minimum Gasteiger partial charge on any atom is -0.321 e. The molecule has 2 amide bonds. The van der Waals surface area contributed by atoms with Gasteiger partial charge in [-0.15, -0.1) is 0 Å². The summed E-state index contributed by atoms with van der Waals surface area (Å²) in [5.74, 6) is 0.0412. The highest BCUT2D eigenvalue weighted by atomic mass is 16.2. The van der Waals surface area contributed by atoms with Crippen molar-refractivity contribution in [2.24, 2.45) is 0 Å². The van der Waals surface area contributed by atoms with Crippen LogP contribution in [0.4, 0.5) is 11.4 Å². The number of nitrogens with one attached hydrogen (secondary N) is 1. The molecule has 6 nitrogen and oxygen atoms in total. The van der Waals surface area contributed by atoms with E-state index in [0.717, 1.165) is 54.0 Å². The standard InChI is InChI=1S/C21H20N4O2/c1-13-19(24-9-3-2-6-17(24)22-13)21(27)23-16-11-14-5-4-10-25-18(26)8-7-15(12-16)20(14)25/h2-3,6,9,11-12H,4-5,7-8,10H2,1H3,(H,23,27). The fraction of sp³-hybridized carbons (Fsp3) is 0.286. The molecule has 5 rings (SSSR count). The highest BCUT2D eigenvalue weighted by Crippen LogP contribution is 2.38. The molecule has 4 heterocycles. The number of hydrogen-bond acceptors (Lipinski definition) is 3. The number of rotatable bonds is 2. The van der Waals surface area contributed by atoms with Crippen molar-refractivity contribution in [1.29, 1.82) is 0 Å². The molecule has 0 unspecified atom stereocenters. The fourth-order valence-electron chi connectivity index (χ4n) is 4.30. The third kappa shape index (κ3) is 2.51. The Morgan fingerprint density at radius 1 is 1.15 bits per heavy atom. The van der Waals surface area contributed by atoms with Gasteiger partial charge in [0.1, 0.15) is 11.3 Å². The first-order valence-electron chi connectivity index (χ1n) is 9.33. The third-order valence-corrected chi connectivity index (χ3v) is 5.45. The Balaban J connectivity index is 1.52. The molecule has 2 aliphatic rings. The van der Waals surface area contributed by atoms with Crippen LogP contribution in [-0.2, 0) is 17.6 Å². The first-order valence-corrected chi connectivity index (χ1v) is 9.33. The van der Waals surface area contributed by atoms with Crippen molar-refractivity contribution in [1.82, 2.24) is 9.38 Å². The molecule has 1 aromatic carbocycles. The predicted molar refractivity (Wildman–Crippen MR) is 103 cm³/mol. The Bertz CT molecular complexity index is 1080. The van der Waals surface area contributed by atoms with Gasteiger partial charge < -0.3 is 10.2 Å². The smallest absolute Gasteiger partial charge is 0.274 e. The Labute approximate surface area is 156 Å². The number of nitrogens with zero attached hydrogens (tertiary/aromatic N) is 3. The van der Waals surface area contributed by atoms with E-state index in [4.69, 9.17) is 0 Å². The second kappa shape index (κ2) is 5.94. The van der Waals surface area contributed by atoms with Gasteiger partial charge in [-0.1, -0.05) is 6.07 Å². The summed E-state index contributed by atoms with van der Waals surface area (Å²) in [6, 6.07) is 9.71. The van der Waals surface area contributed by atoms with Gasteiger partial charge in [-0.3, -0.25) is 14.0 Å². The molecule has 0 spiro atoms. The van der Waals surface area contributed by atoms with Crippen LogP contribution in [-0.4, -0.2) is 27.7 Å². The summed E-state index contributed by atoms with van der Waals surface area (Å²) in [5.41, 5.74) is 6.17. The van der Waals surface area contributed by atoms with E-state index >= 15 is 0 Å². The normalized spacial score (nSPS) is 15.7. The summed E-state index contributed by atoms with van der Waals surface area (Å²) >= 11 is 0. The number of fused-ring (bicyclic) bond motifs is 1. The molecule has 27 heavy (non-hydrogen) atoms. The van der Waals surface area contributed by atoms with Gasteiger partial charge in [-0.2, -0.15) is 0 Å². The van der Waals surface area contributed by atoms with Gasteiger partial charge in [0.05, 0.1) is 11.4 Å². The fourth-order valence-corrected chi connectivity index (χ4v) is 4.30. The molecule has 3 aromatic rings. The van der Waals surface area contributed by atoms with Gasteiger partial charge in [0.15, 0.2) is 0 Å². The molecule has 0 fully saturated rings. The summed E-state index contributed by atoms with van der Waals surface area (Å²) < 4.78 is 1.81. The summed E-state index contributed by atoms with van der Waals surface area (Å²) in [6.45, 7) is 2.65. The Morgan fingerprint density at radius 3 is 2.81 bits per heavy atom. The SMILES string of the molecule is Cc1nc2ccccn2c1C(=O)Nc1cc2c3c(c1)CCC(=O)N3CCC2. The number of amides is 2. The molecule has 1 N–H and O–H groups in total. The van der Waals surface area contributed by atoms with Crippen molar-refractivity contribution in [3.63, 3.8) is 0 Å². The summed E-state index contributed by atoms with van der Waals surface area (Å²) in [4.78, 5) is 31.6. The van der Waals surface area contributed by atoms with Gasteiger partial charge in [0.25, 0.3) is 5.91 Å². The summed E-state index contributed by atoms with van der Waals surface area (Å²) in [7, 11) is 0. The minimum atomic E-state index is -0.169. The van der Waals surface area contributed by atoms with Crippen LogP contribution in [0.1, 0.15) is 40.2 Å². The highest BCUT2D eigenvalue weighted by molar-refractivity contribution is 6.05. The lowest BCUT2D eigenvalue weighted by Gasteiger charge is -2.35. The second-order valence-corrected chi connectivity index (χ2v) is 7.22. The lowest BCUT2D eigenvalue weighted by molar-refractivity contribution is -0.119. The maximum Gasteiger partial charge on any atom is 0.274 e. The molecule has 0 aliphatic carbocycles. The van der Waals surface area contributed by atoms with Crippen LogP contribution in [0.25, 0.3) is 5.65 Å². The van der Waals surface area contributed by atoms with E-state index in [1.165, 1.54) is 0 Å². The van der Waals surface area contributed by atoms with E-state index in [0.29, 0.717) is 17.8 Å². The van der Waals surface area contributed by atoms with E-state index in [1.54, 1.807) is 0 Å². The van der Waals surface area contributed by atoms with E-state index in [2.05, 4.69) is 10.3 Å². The van der Waals surface area contributed by atoms with Crippen LogP contribution in [0.2, 0.25) is 0 Å². The highest BCUT2D eigenvalue weighted by Gasteiger charge is 2.30. The largest absolute Gasteiger partial charge is 0.321 e. The zero-order chi connectivity index (χ0) is 18.5. The number of hydrogen-bond donors (Lipinski definition) is 1. The number of aromatic nitrogens is 2. The topological polar surface area (TPSA) is 66.7 Å². The van der Waals surface area contributed by atoms with Crippen LogP contribution >= 0.6 is 0 Å². The van der Waals surface area contributed by atoms with Crippen molar-refractivity contribution in [3.05, 3.63) is 59.0 Å². The first kappa shape index (κ1) is 16.1. The molecule has 2 aromatic heterocycles. The van der Waals surface area contributed by atoms with Crippen LogP contribution in [0.15, 0.2) is 36.5 Å². The number of carbonyl (C=O) groups excluding carboxylic acids is 2. The maximum atomic E-state index is 13.0. The number of benzene rings is 1. The number of aryl methyl sites for hydroxylation is 3. The van der Waals surface area contributed by atoms with E-state index in [9.17, 15) is 9.59 Å². The zero-order valence-corrected chi connectivity index (χ0v) is 15.2. The van der Waals surface area contributed by atoms with Crippen LogP contribution in [0.5, 0.6) is 0 Å². The van der Waals surface area contributed by atoms with Crippen LogP contribution < -0.4 is 10.2 Å². The van der Waals surface area contributed by atoms with Gasteiger partial charge in [-0.05, 0) is 61.6 Å². The van der Waals surface area contributed by atoms with Gasteiger partial charge in [0, 0.05) is 24.8 Å². The Hall–Kier alpha value is -3.15. The van der Waals surface area contributed by atoms with Gasteiger partial charge >= 0.3 is 0 Å². The predicted octanol–water partition coefficient (Wildman–Crippen LogP) is 3.12. The lowest BCUT2D eigenvalue weighted by atomic mass is 9.91. The Morgan fingerprint density at radius 2 is 1.96 bits per heavy atom. The number of imidazole rings is 1. The molecular formula is C21H20N4O2. The van der Waals surface area contributed by atoms with Crippen LogP contribution in [0.3, 0.4) is 0 Å². The quantitative estimate of drug-likeness (QED) is 0.764. The molecule has 136 valence electrons. The van der Waals surface area contributed by atoms with Crippen molar-refractivity contribution in [3.8, 4) is 0 Å². The van der Waals surface area contributed by atoms with E-state index in [1.807, 2.05) is 52.8 Å². The molecule has 0 radical (unpaired) electrons. The van der Waals surface area contributed by atoms with Crippen molar-refractivity contribution in [2.45, 2.75) is 32.6 Å². The van der Waals surface area contributed by atoms with Crippen LogP contribution in [0, 0.1) is 6.92 Å². The Kier molecular flexibility index (Phi) is 3.53. The number of pyridine rings is 1.